The summed E-state index contributed by atoms with van der Waals surface area (Å²) in [6.45, 7) is 2.59. The fourth-order valence-corrected chi connectivity index (χ4v) is 3.90. The summed E-state index contributed by atoms with van der Waals surface area (Å²) in [4.78, 5) is 14.9. The zero-order chi connectivity index (χ0) is 17.1. The van der Waals surface area contributed by atoms with E-state index in [9.17, 15) is 4.79 Å². The number of amides is 1. The van der Waals surface area contributed by atoms with E-state index in [1.807, 2.05) is 18.2 Å². The van der Waals surface area contributed by atoms with Crippen LogP contribution < -0.4 is 10.6 Å². The molecule has 1 amide bonds. The zero-order valence-electron chi connectivity index (χ0n) is 14.5. The van der Waals surface area contributed by atoms with Crippen LogP contribution in [0.25, 0.3) is 0 Å². The van der Waals surface area contributed by atoms with E-state index in [0.29, 0.717) is 6.54 Å². The van der Waals surface area contributed by atoms with Crippen LogP contribution in [0.4, 0.5) is 11.4 Å². The number of carbonyl (C=O) groups is 1. The summed E-state index contributed by atoms with van der Waals surface area (Å²) in [7, 11) is 0. The molecule has 25 heavy (non-hydrogen) atoms. The molecule has 0 aromatic heterocycles. The maximum Gasteiger partial charge on any atom is 0.234 e. The fraction of sp³-hybridized carbons (Fsp3) is 0.381. The van der Waals surface area contributed by atoms with Crippen LogP contribution in [0.5, 0.6) is 0 Å². The first-order chi connectivity index (χ1) is 12.3. The van der Waals surface area contributed by atoms with Gasteiger partial charge in [0.2, 0.25) is 5.91 Å². The van der Waals surface area contributed by atoms with Crippen molar-refractivity contribution in [3.05, 3.63) is 59.7 Å². The number of piperidine rings is 1. The van der Waals surface area contributed by atoms with Gasteiger partial charge in [-0.15, -0.1) is 0 Å². The standard InChI is InChI=1S/C21H25N3O/c25-21(15-24-12-6-1-7-13-24)23-20-14-16-8-2-4-10-18(16)22-19-11-5-3-9-17(19)20/h2-5,8-11,20,22H,1,6-7,12-15H2,(H,23,25). The molecule has 1 saturated heterocycles. The molecular weight excluding hydrogens is 310 g/mol. The molecular formula is C21H25N3O. The van der Waals surface area contributed by atoms with Gasteiger partial charge in [0.1, 0.15) is 0 Å². The number of fused-ring (bicyclic) bond motifs is 2. The molecule has 2 aliphatic heterocycles. The van der Waals surface area contributed by atoms with Crippen LogP contribution in [0.15, 0.2) is 48.5 Å². The van der Waals surface area contributed by atoms with E-state index < -0.39 is 0 Å². The number of likely N-dealkylation sites (tertiary alicyclic amines) is 1. The molecule has 1 fully saturated rings. The molecule has 130 valence electrons. The number of hydrogen-bond donors (Lipinski definition) is 2. The van der Waals surface area contributed by atoms with E-state index in [4.69, 9.17) is 0 Å². The lowest BCUT2D eigenvalue weighted by atomic mass is 9.99. The summed E-state index contributed by atoms with van der Waals surface area (Å²) in [5.41, 5.74) is 4.60. The Bertz CT molecular complexity index is 752. The summed E-state index contributed by atoms with van der Waals surface area (Å²) in [5.74, 6) is 0.126. The average Bonchev–Trinajstić information content (AvgIpc) is 2.79. The number of nitrogens with zero attached hydrogens (tertiary/aromatic N) is 1. The molecule has 2 N–H and O–H groups in total. The van der Waals surface area contributed by atoms with E-state index in [1.165, 1.54) is 24.8 Å². The Morgan fingerprint density at radius 1 is 1.00 bits per heavy atom. The number of anilines is 2. The van der Waals surface area contributed by atoms with Gasteiger partial charge in [0, 0.05) is 11.4 Å². The largest absolute Gasteiger partial charge is 0.355 e. The first kappa shape index (κ1) is 16.2. The quantitative estimate of drug-likeness (QED) is 0.900. The highest BCUT2D eigenvalue weighted by Crippen LogP contribution is 2.34. The van der Waals surface area contributed by atoms with Gasteiger partial charge in [-0.1, -0.05) is 42.8 Å². The van der Waals surface area contributed by atoms with Gasteiger partial charge < -0.3 is 10.6 Å². The number of rotatable bonds is 3. The van der Waals surface area contributed by atoms with Gasteiger partial charge in [0.25, 0.3) is 0 Å². The third kappa shape index (κ3) is 3.69. The summed E-state index contributed by atoms with van der Waals surface area (Å²) >= 11 is 0. The summed E-state index contributed by atoms with van der Waals surface area (Å²) in [6.07, 6.45) is 4.51. The average molecular weight is 335 g/mol. The van der Waals surface area contributed by atoms with E-state index in [0.717, 1.165) is 36.4 Å². The van der Waals surface area contributed by atoms with E-state index in [-0.39, 0.29) is 11.9 Å². The van der Waals surface area contributed by atoms with Crippen molar-refractivity contribution in [2.24, 2.45) is 0 Å². The Morgan fingerprint density at radius 2 is 1.72 bits per heavy atom. The van der Waals surface area contributed by atoms with Crippen LogP contribution in [0.2, 0.25) is 0 Å². The zero-order valence-corrected chi connectivity index (χ0v) is 14.5. The Labute approximate surface area is 149 Å². The summed E-state index contributed by atoms with van der Waals surface area (Å²) < 4.78 is 0. The van der Waals surface area contributed by atoms with Crippen LogP contribution in [-0.2, 0) is 11.2 Å². The van der Waals surface area contributed by atoms with Gasteiger partial charge in [-0.05, 0) is 55.6 Å². The minimum Gasteiger partial charge on any atom is -0.355 e. The highest BCUT2D eigenvalue weighted by Gasteiger charge is 2.24. The number of benzene rings is 2. The highest BCUT2D eigenvalue weighted by molar-refractivity contribution is 5.79. The first-order valence-corrected chi connectivity index (χ1v) is 9.25. The molecule has 1 atom stereocenters. The molecule has 0 spiro atoms. The molecule has 0 aliphatic carbocycles. The third-order valence-electron chi connectivity index (χ3n) is 5.20. The van der Waals surface area contributed by atoms with Crippen LogP contribution in [0, 0.1) is 0 Å². The van der Waals surface area contributed by atoms with Crippen molar-refractivity contribution in [3.63, 3.8) is 0 Å². The molecule has 1 unspecified atom stereocenters. The smallest absolute Gasteiger partial charge is 0.234 e. The lowest BCUT2D eigenvalue weighted by Crippen LogP contribution is -2.41. The van der Waals surface area contributed by atoms with Gasteiger partial charge >= 0.3 is 0 Å². The maximum atomic E-state index is 12.6. The maximum absolute atomic E-state index is 12.6. The Morgan fingerprint density at radius 3 is 2.56 bits per heavy atom. The van der Waals surface area contributed by atoms with Gasteiger partial charge in [-0.2, -0.15) is 0 Å². The van der Waals surface area contributed by atoms with E-state index in [2.05, 4.69) is 45.9 Å². The molecule has 4 rings (SSSR count). The molecule has 0 bridgehead atoms. The lowest BCUT2D eigenvalue weighted by molar-refractivity contribution is -0.123. The van der Waals surface area contributed by atoms with Gasteiger partial charge in [-0.3, -0.25) is 9.69 Å². The van der Waals surface area contributed by atoms with Gasteiger partial charge in [-0.25, -0.2) is 0 Å². The number of hydrogen-bond acceptors (Lipinski definition) is 3. The predicted molar refractivity (Wildman–Crippen MR) is 101 cm³/mol. The fourth-order valence-electron chi connectivity index (χ4n) is 3.90. The second-order valence-electron chi connectivity index (χ2n) is 7.03. The van der Waals surface area contributed by atoms with Gasteiger partial charge in [0.05, 0.1) is 12.6 Å². The van der Waals surface area contributed by atoms with Crippen LogP contribution in [0.3, 0.4) is 0 Å². The van der Waals surface area contributed by atoms with Crippen molar-refractivity contribution in [2.45, 2.75) is 31.7 Å². The number of nitrogens with one attached hydrogen (secondary N) is 2. The minimum absolute atomic E-state index is 0.00430. The van der Waals surface area contributed by atoms with Crippen molar-refractivity contribution < 1.29 is 4.79 Å². The highest BCUT2D eigenvalue weighted by atomic mass is 16.2. The molecule has 2 aliphatic rings. The second-order valence-corrected chi connectivity index (χ2v) is 7.03. The molecule has 2 aromatic carbocycles. The SMILES string of the molecule is O=C(CN1CCCCC1)NC1Cc2ccccc2Nc2ccccc21. The first-order valence-electron chi connectivity index (χ1n) is 9.25. The van der Waals surface area contributed by atoms with Crippen LogP contribution in [-0.4, -0.2) is 30.4 Å². The monoisotopic (exact) mass is 335 g/mol. The molecule has 4 heteroatoms. The summed E-state index contributed by atoms with van der Waals surface area (Å²) in [5, 5.41) is 6.81. The lowest BCUT2D eigenvalue weighted by Gasteiger charge is -2.27. The second kappa shape index (κ2) is 7.28. The summed E-state index contributed by atoms with van der Waals surface area (Å²) in [6, 6.07) is 16.6. The molecule has 0 saturated carbocycles. The molecule has 2 heterocycles. The number of para-hydroxylation sites is 2. The predicted octanol–water partition coefficient (Wildman–Crippen LogP) is 3.63. The number of carbonyl (C=O) groups excluding carboxylic acids is 1. The van der Waals surface area contributed by atoms with Crippen molar-refractivity contribution in [2.75, 3.05) is 25.0 Å². The minimum atomic E-state index is 0.00430. The van der Waals surface area contributed by atoms with Crippen molar-refractivity contribution in [1.82, 2.24) is 10.2 Å². The van der Waals surface area contributed by atoms with Gasteiger partial charge in [0.15, 0.2) is 0 Å². The normalized spacial score (nSPS) is 19.9. The Balaban J connectivity index is 1.54. The van der Waals surface area contributed by atoms with Crippen molar-refractivity contribution >= 4 is 17.3 Å². The topological polar surface area (TPSA) is 44.4 Å². The van der Waals surface area contributed by atoms with Crippen LogP contribution in [0.1, 0.15) is 36.4 Å². The molecule has 0 radical (unpaired) electrons. The molecule has 2 aromatic rings. The Kier molecular flexibility index (Phi) is 4.70. The molecule has 4 nitrogen and oxygen atoms in total. The van der Waals surface area contributed by atoms with Crippen LogP contribution >= 0.6 is 0 Å². The van der Waals surface area contributed by atoms with E-state index >= 15 is 0 Å². The Hall–Kier alpha value is -2.33. The van der Waals surface area contributed by atoms with Crippen molar-refractivity contribution in [1.29, 1.82) is 0 Å². The third-order valence-corrected chi connectivity index (χ3v) is 5.20. The van der Waals surface area contributed by atoms with E-state index in [1.54, 1.807) is 0 Å². The van der Waals surface area contributed by atoms with Crippen molar-refractivity contribution in [3.8, 4) is 0 Å².